The molecule has 0 bridgehead atoms. The Kier molecular flexibility index (Phi) is 4.13. The number of rotatable bonds is 4. The normalized spacial score (nSPS) is 10.7. The predicted molar refractivity (Wildman–Crippen MR) is 88.5 cm³/mol. The van der Waals surface area contributed by atoms with Crippen LogP contribution in [0.1, 0.15) is 5.69 Å². The summed E-state index contributed by atoms with van der Waals surface area (Å²) in [5, 5.41) is 5.23. The SMILES string of the molecule is COc1cccc(-c2cc(CN)nn2-c2cccc(Cl)c2)c1. The maximum absolute atomic E-state index is 6.10. The summed E-state index contributed by atoms with van der Waals surface area (Å²) in [4.78, 5) is 0. The summed E-state index contributed by atoms with van der Waals surface area (Å²) in [6, 6.07) is 17.4. The maximum Gasteiger partial charge on any atom is 0.119 e. The Morgan fingerprint density at radius 2 is 1.95 bits per heavy atom. The molecule has 2 aromatic carbocycles. The van der Waals surface area contributed by atoms with E-state index < -0.39 is 0 Å². The van der Waals surface area contributed by atoms with E-state index in [1.165, 1.54) is 0 Å². The highest BCUT2D eigenvalue weighted by Gasteiger charge is 2.12. The van der Waals surface area contributed by atoms with Crippen LogP contribution >= 0.6 is 11.6 Å². The van der Waals surface area contributed by atoms with E-state index in [1.54, 1.807) is 7.11 Å². The molecule has 4 nitrogen and oxygen atoms in total. The molecule has 112 valence electrons. The lowest BCUT2D eigenvalue weighted by molar-refractivity contribution is 0.415. The van der Waals surface area contributed by atoms with E-state index in [-0.39, 0.29) is 0 Å². The van der Waals surface area contributed by atoms with Crippen LogP contribution in [-0.2, 0) is 6.54 Å². The van der Waals surface area contributed by atoms with Crippen LogP contribution in [0.25, 0.3) is 16.9 Å². The van der Waals surface area contributed by atoms with Gasteiger partial charge < -0.3 is 10.5 Å². The Morgan fingerprint density at radius 3 is 2.68 bits per heavy atom. The molecule has 0 saturated carbocycles. The first-order chi connectivity index (χ1) is 10.7. The number of benzene rings is 2. The van der Waals surface area contributed by atoms with Crippen LogP contribution in [0.15, 0.2) is 54.6 Å². The number of aromatic nitrogens is 2. The summed E-state index contributed by atoms with van der Waals surface area (Å²) in [6.07, 6.45) is 0. The Bertz CT molecular complexity index is 798. The van der Waals surface area contributed by atoms with Crippen LogP contribution in [0, 0.1) is 0 Å². The zero-order valence-corrected chi connectivity index (χ0v) is 12.9. The van der Waals surface area contributed by atoms with Crippen LogP contribution < -0.4 is 10.5 Å². The lowest BCUT2D eigenvalue weighted by Gasteiger charge is -2.09. The molecule has 1 aromatic heterocycles. The minimum absolute atomic E-state index is 0.379. The van der Waals surface area contributed by atoms with Crippen LogP contribution in [0.2, 0.25) is 5.02 Å². The van der Waals surface area contributed by atoms with E-state index >= 15 is 0 Å². The fourth-order valence-corrected chi connectivity index (χ4v) is 2.51. The molecule has 0 saturated heterocycles. The molecule has 1 heterocycles. The van der Waals surface area contributed by atoms with Crippen LogP contribution in [0.4, 0.5) is 0 Å². The number of nitrogens with two attached hydrogens (primary N) is 1. The Balaban J connectivity index is 2.16. The van der Waals surface area contributed by atoms with Gasteiger partial charge in [0.2, 0.25) is 0 Å². The lowest BCUT2D eigenvalue weighted by atomic mass is 10.1. The van der Waals surface area contributed by atoms with Gasteiger partial charge in [0.05, 0.1) is 24.2 Å². The lowest BCUT2D eigenvalue weighted by Crippen LogP contribution is -2.01. The van der Waals surface area contributed by atoms with Gasteiger partial charge in [0.1, 0.15) is 5.75 Å². The average molecular weight is 314 g/mol. The molecule has 0 aliphatic rings. The van der Waals surface area contributed by atoms with E-state index in [4.69, 9.17) is 22.1 Å². The molecule has 22 heavy (non-hydrogen) atoms. The summed E-state index contributed by atoms with van der Waals surface area (Å²) in [7, 11) is 1.65. The van der Waals surface area contributed by atoms with Crippen molar-refractivity contribution in [1.29, 1.82) is 0 Å². The largest absolute Gasteiger partial charge is 0.497 e. The van der Waals surface area contributed by atoms with Crippen LogP contribution in [0.3, 0.4) is 0 Å². The van der Waals surface area contributed by atoms with Crippen molar-refractivity contribution in [3.8, 4) is 22.7 Å². The van der Waals surface area contributed by atoms with Crippen LogP contribution in [0.5, 0.6) is 5.75 Å². The zero-order chi connectivity index (χ0) is 15.5. The Labute approximate surface area is 134 Å². The molecule has 0 radical (unpaired) electrons. The van der Waals surface area contributed by atoms with Crippen molar-refractivity contribution < 1.29 is 4.74 Å². The van der Waals surface area contributed by atoms with E-state index in [9.17, 15) is 0 Å². The second-order valence-electron chi connectivity index (χ2n) is 4.85. The molecular weight excluding hydrogens is 298 g/mol. The highest BCUT2D eigenvalue weighted by Crippen LogP contribution is 2.27. The predicted octanol–water partition coefficient (Wildman–Crippen LogP) is 3.66. The van der Waals surface area contributed by atoms with Crippen molar-refractivity contribution in [1.82, 2.24) is 9.78 Å². The van der Waals surface area contributed by atoms with Gasteiger partial charge in [0.25, 0.3) is 0 Å². The van der Waals surface area contributed by atoms with E-state index in [0.717, 1.165) is 28.4 Å². The summed E-state index contributed by atoms with van der Waals surface area (Å²) in [6.45, 7) is 0.379. The fraction of sp³-hybridized carbons (Fsp3) is 0.118. The van der Waals surface area contributed by atoms with Gasteiger partial charge in [0, 0.05) is 17.1 Å². The molecule has 0 fully saturated rings. The molecule has 0 aliphatic heterocycles. The number of hydrogen-bond donors (Lipinski definition) is 1. The first kappa shape index (κ1) is 14.6. The molecular formula is C17H16ClN3O. The van der Waals surface area contributed by atoms with E-state index in [0.29, 0.717) is 11.6 Å². The van der Waals surface area contributed by atoms with Crippen molar-refractivity contribution in [2.45, 2.75) is 6.54 Å². The molecule has 0 amide bonds. The van der Waals surface area contributed by atoms with Gasteiger partial charge in [-0.3, -0.25) is 0 Å². The van der Waals surface area contributed by atoms with Crippen molar-refractivity contribution >= 4 is 11.6 Å². The quantitative estimate of drug-likeness (QED) is 0.799. The zero-order valence-electron chi connectivity index (χ0n) is 12.2. The summed E-state index contributed by atoms with van der Waals surface area (Å²) in [5.41, 5.74) is 9.41. The van der Waals surface area contributed by atoms with Gasteiger partial charge in [-0.05, 0) is 36.4 Å². The van der Waals surface area contributed by atoms with Crippen molar-refractivity contribution in [2.75, 3.05) is 7.11 Å². The molecule has 0 unspecified atom stereocenters. The number of hydrogen-bond acceptors (Lipinski definition) is 3. The molecule has 0 aliphatic carbocycles. The van der Waals surface area contributed by atoms with E-state index in [1.807, 2.05) is 59.3 Å². The van der Waals surface area contributed by atoms with Gasteiger partial charge in [-0.25, -0.2) is 4.68 Å². The van der Waals surface area contributed by atoms with Crippen molar-refractivity contribution in [3.05, 3.63) is 65.3 Å². The number of halogens is 1. The molecule has 3 aromatic rings. The topological polar surface area (TPSA) is 53.1 Å². The fourth-order valence-electron chi connectivity index (χ4n) is 2.32. The smallest absolute Gasteiger partial charge is 0.119 e. The molecule has 3 rings (SSSR count). The van der Waals surface area contributed by atoms with Crippen molar-refractivity contribution in [2.24, 2.45) is 5.73 Å². The third kappa shape index (κ3) is 2.84. The first-order valence-electron chi connectivity index (χ1n) is 6.90. The highest BCUT2D eigenvalue weighted by atomic mass is 35.5. The third-order valence-corrected chi connectivity index (χ3v) is 3.62. The van der Waals surface area contributed by atoms with E-state index in [2.05, 4.69) is 5.10 Å². The molecule has 0 spiro atoms. The third-order valence-electron chi connectivity index (χ3n) is 3.39. The average Bonchev–Trinajstić information content (AvgIpc) is 2.99. The Hall–Kier alpha value is -2.30. The molecule has 2 N–H and O–H groups in total. The van der Waals surface area contributed by atoms with Gasteiger partial charge in [-0.2, -0.15) is 5.10 Å². The van der Waals surface area contributed by atoms with Gasteiger partial charge in [0.15, 0.2) is 0 Å². The van der Waals surface area contributed by atoms with Gasteiger partial charge in [-0.1, -0.05) is 29.8 Å². The monoisotopic (exact) mass is 313 g/mol. The first-order valence-corrected chi connectivity index (χ1v) is 7.28. The minimum Gasteiger partial charge on any atom is -0.497 e. The second-order valence-corrected chi connectivity index (χ2v) is 5.29. The summed E-state index contributed by atoms with van der Waals surface area (Å²) < 4.78 is 7.15. The maximum atomic E-state index is 6.10. The Morgan fingerprint density at radius 1 is 1.14 bits per heavy atom. The van der Waals surface area contributed by atoms with Gasteiger partial charge in [-0.15, -0.1) is 0 Å². The standard InChI is InChI=1S/C17H16ClN3O/c1-22-16-7-2-4-12(8-16)17-10-14(11-19)20-21(17)15-6-3-5-13(18)9-15/h2-10H,11,19H2,1H3. The number of ether oxygens (including phenoxy) is 1. The summed E-state index contributed by atoms with van der Waals surface area (Å²) >= 11 is 6.10. The minimum atomic E-state index is 0.379. The van der Waals surface area contributed by atoms with Crippen LogP contribution in [-0.4, -0.2) is 16.9 Å². The summed E-state index contributed by atoms with van der Waals surface area (Å²) in [5.74, 6) is 0.797. The molecule has 0 atom stereocenters. The highest BCUT2D eigenvalue weighted by molar-refractivity contribution is 6.30. The second kappa shape index (κ2) is 6.22. The molecule has 5 heteroatoms. The number of nitrogens with zero attached hydrogens (tertiary/aromatic N) is 2. The van der Waals surface area contributed by atoms with Crippen molar-refractivity contribution in [3.63, 3.8) is 0 Å². The van der Waals surface area contributed by atoms with Gasteiger partial charge >= 0.3 is 0 Å². The number of methoxy groups -OCH3 is 1.